The molecule has 1 amide bonds. The average molecular weight is 428 g/mol. The number of methoxy groups -OCH3 is 2. The van der Waals surface area contributed by atoms with Crippen molar-refractivity contribution in [2.75, 3.05) is 45.8 Å². The van der Waals surface area contributed by atoms with E-state index in [2.05, 4.69) is 10.3 Å². The second-order valence-corrected chi connectivity index (χ2v) is 8.81. The molecule has 0 unspecified atom stereocenters. The Morgan fingerprint density at radius 1 is 1.29 bits per heavy atom. The first-order valence-electron chi connectivity index (χ1n) is 8.48. The predicted octanol–water partition coefficient (Wildman–Crippen LogP) is 1.36. The molecule has 3 rings (SSSR count). The summed E-state index contributed by atoms with van der Waals surface area (Å²) in [4.78, 5) is 16.4. The van der Waals surface area contributed by atoms with Gasteiger partial charge < -0.3 is 19.5 Å². The smallest absolute Gasteiger partial charge is 0.246 e. The van der Waals surface area contributed by atoms with Gasteiger partial charge in [-0.1, -0.05) is 17.4 Å². The highest BCUT2D eigenvalue weighted by Gasteiger charge is 2.29. The molecule has 2 heterocycles. The first kappa shape index (κ1) is 20.5. The van der Waals surface area contributed by atoms with Crippen LogP contribution in [0.25, 0.3) is 0 Å². The van der Waals surface area contributed by atoms with Gasteiger partial charge in [-0.05, 0) is 17.7 Å². The Hall–Kier alpha value is -2.21. The molecule has 0 radical (unpaired) electrons. The van der Waals surface area contributed by atoms with E-state index in [4.69, 9.17) is 14.2 Å². The van der Waals surface area contributed by atoms with E-state index < -0.39 is 10.0 Å². The number of anilines is 1. The molecule has 0 bridgehead atoms. The topological polar surface area (TPSA) is 107 Å². The molecule has 0 saturated carbocycles. The van der Waals surface area contributed by atoms with Crippen LogP contribution in [0.15, 0.2) is 29.3 Å². The summed E-state index contributed by atoms with van der Waals surface area (Å²) in [5, 5.41) is 3.67. The average Bonchev–Trinajstić information content (AvgIpc) is 3.16. The Balaban J connectivity index is 1.79. The van der Waals surface area contributed by atoms with Gasteiger partial charge in [0.25, 0.3) is 0 Å². The predicted molar refractivity (Wildman–Crippen MR) is 104 cm³/mol. The summed E-state index contributed by atoms with van der Waals surface area (Å²) in [6.45, 7) is 1.26. The maximum atomic E-state index is 13.0. The Morgan fingerprint density at radius 2 is 2.04 bits per heavy atom. The largest absolute Gasteiger partial charge is 0.495 e. The van der Waals surface area contributed by atoms with Crippen LogP contribution in [0.5, 0.6) is 10.8 Å². The van der Waals surface area contributed by atoms with Crippen LogP contribution in [0.2, 0.25) is 0 Å². The molecule has 2 aromatic rings. The van der Waals surface area contributed by atoms with Crippen LogP contribution in [0.1, 0.15) is 5.56 Å². The number of carbonyl (C=O) groups is 1. The fourth-order valence-electron chi connectivity index (χ4n) is 2.72. The number of nitrogens with zero attached hydrogens (tertiary/aromatic N) is 2. The number of carbonyl (C=O) groups excluding carboxylic acids is 1. The Kier molecular flexibility index (Phi) is 6.50. The summed E-state index contributed by atoms with van der Waals surface area (Å²) in [5.41, 5.74) is 0.550. The zero-order valence-electron chi connectivity index (χ0n) is 15.5. The monoisotopic (exact) mass is 427 g/mol. The highest BCUT2D eigenvalue weighted by molar-refractivity contribution is 7.89. The van der Waals surface area contributed by atoms with Crippen LogP contribution in [-0.4, -0.2) is 64.1 Å². The van der Waals surface area contributed by atoms with E-state index in [9.17, 15) is 13.2 Å². The van der Waals surface area contributed by atoms with Crippen molar-refractivity contribution in [3.8, 4) is 10.8 Å². The number of hydrogen-bond acceptors (Lipinski definition) is 8. The molecule has 1 aromatic carbocycles. The minimum Gasteiger partial charge on any atom is -0.495 e. The number of ether oxygens (including phenoxy) is 3. The standard InChI is InChI=1S/C17H21N3O6S2/c1-24-13-4-3-12(10-15(21)19-17-18-11-16(25-2)27-17)9-14(13)28(22,23)20-5-7-26-8-6-20/h3-4,9,11H,5-8,10H2,1-2H3,(H,18,19,21). The van der Waals surface area contributed by atoms with Crippen LogP contribution in [0, 0.1) is 0 Å². The van der Waals surface area contributed by atoms with E-state index in [-0.39, 0.29) is 36.1 Å². The minimum absolute atomic E-state index is 0.00246. The van der Waals surface area contributed by atoms with Gasteiger partial charge in [0.05, 0.1) is 40.1 Å². The van der Waals surface area contributed by atoms with Gasteiger partial charge in [-0.15, -0.1) is 0 Å². The number of rotatable bonds is 7. The van der Waals surface area contributed by atoms with E-state index in [0.29, 0.717) is 29.0 Å². The van der Waals surface area contributed by atoms with Crippen molar-refractivity contribution < 1.29 is 27.4 Å². The summed E-state index contributed by atoms with van der Waals surface area (Å²) in [6.07, 6.45) is 1.51. The fraction of sp³-hybridized carbons (Fsp3) is 0.412. The number of nitrogens with one attached hydrogen (secondary N) is 1. The quantitative estimate of drug-likeness (QED) is 0.711. The SMILES string of the molecule is COc1cnc(NC(=O)Cc2ccc(OC)c(S(=O)(=O)N3CCOCC3)c2)s1. The Bertz CT molecular complexity index is 938. The highest BCUT2D eigenvalue weighted by atomic mass is 32.2. The van der Waals surface area contributed by atoms with Crippen molar-refractivity contribution in [2.45, 2.75) is 11.3 Å². The lowest BCUT2D eigenvalue weighted by Gasteiger charge is -2.26. The second kappa shape index (κ2) is 8.86. The van der Waals surface area contributed by atoms with E-state index in [0.717, 1.165) is 0 Å². The molecule has 1 aliphatic heterocycles. The maximum Gasteiger partial charge on any atom is 0.246 e. The minimum atomic E-state index is -3.75. The Labute approximate surface area is 167 Å². The number of amides is 1. The summed E-state index contributed by atoms with van der Waals surface area (Å²) in [7, 11) is -0.819. The van der Waals surface area contributed by atoms with Crippen LogP contribution in [0.3, 0.4) is 0 Å². The number of hydrogen-bond donors (Lipinski definition) is 1. The van der Waals surface area contributed by atoms with Gasteiger partial charge in [-0.25, -0.2) is 13.4 Å². The zero-order valence-corrected chi connectivity index (χ0v) is 17.1. The molecule has 1 saturated heterocycles. The van der Waals surface area contributed by atoms with Gasteiger partial charge in [0, 0.05) is 13.1 Å². The first-order chi connectivity index (χ1) is 13.4. The van der Waals surface area contributed by atoms with Crippen molar-refractivity contribution in [3.05, 3.63) is 30.0 Å². The summed E-state index contributed by atoms with van der Waals surface area (Å²) in [6, 6.07) is 4.70. The van der Waals surface area contributed by atoms with Crippen molar-refractivity contribution in [3.63, 3.8) is 0 Å². The summed E-state index contributed by atoms with van der Waals surface area (Å²) >= 11 is 1.20. The van der Waals surface area contributed by atoms with Crippen molar-refractivity contribution in [1.29, 1.82) is 0 Å². The molecule has 11 heteroatoms. The third-order valence-electron chi connectivity index (χ3n) is 4.11. The van der Waals surface area contributed by atoms with Crippen molar-refractivity contribution >= 4 is 32.4 Å². The number of morpholine rings is 1. The van der Waals surface area contributed by atoms with Crippen LogP contribution < -0.4 is 14.8 Å². The summed E-state index contributed by atoms with van der Waals surface area (Å²) < 4.78 is 42.9. The fourth-order valence-corrected chi connectivity index (χ4v) is 4.98. The van der Waals surface area contributed by atoms with Gasteiger partial charge in [-0.3, -0.25) is 4.79 Å². The molecular weight excluding hydrogens is 406 g/mol. The van der Waals surface area contributed by atoms with E-state index in [1.165, 1.54) is 42.1 Å². The van der Waals surface area contributed by atoms with Crippen molar-refractivity contribution in [1.82, 2.24) is 9.29 Å². The molecule has 0 spiro atoms. The number of benzene rings is 1. The lowest BCUT2D eigenvalue weighted by Crippen LogP contribution is -2.40. The molecule has 1 aromatic heterocycles. The zero-order chi connectivity index (χ0) is 20.1. The molecule has 0 atom stereocenters. The molecule has 1 fully saturated rings. The van der Waals surface area contributed by atoms with Gasteiger partial charge in [0.1, 0.15) is 10.6 Å². The van der Waals surface area contributed by atoms with E-state index in [1.807, 2.05) is 0 Å². The Morgan fingerprint density at radius 3 is 2.68 bits per heavy atom. The van der Waals surface area contributed by atoms with Gasteiger partial charge >= 0.3 is 0 Å². The molecule has 1 N–H and O–H groups in total. The van der Waals surface area contributed by atoms with Gasteiger partial charge in [-0.2, -0.15) is 4.31 Å². The number of sulfonamides is 1. The van der Waals surface area contributed by atoms with Crippen molar-refractivity contribution in [2.24, 2.45) is 0 Å². The lowest BCUT2D eigenvalue weighted by atomic mass is 10.1. The normalized spacial score (nSPS) is 15.2. The molecule has 0 aliphatic carbocycles. The van der Waals surface area contributed by atoms with Gasteiger partial charge in [0.15, 0.2) is 10.2 Å². The lowest BCUT2D eigenvalue weighted by molar-refractivity contribution is -0.115. The number of aromatic nitrogens is 1. The third kappa shape index (κ3) is 4.61. The van der Waals surface area contributed by atoms with E-state index in [1.54, 1.807) is 12.1 Å². The van der Waals surface area contributed by atoms with Gasteiger partial charge in [0.2, 0.25) is 15.9 Å². The van der Waals surface area contributed by atoms with Crippen LogP contribution >= 0.6 is 11.3 Å². The maximum absolute atomic E-state index is 13.0. The molecule has 152 valence electrons. The number of thiazole rings is 1. The molecular formula is C17H21N3O6S2. The first-order valence-corrected chi connectivity index (χ1v) is 10.7. The molecule has 9 nitrogen and oxygen atoms in total. The van der Waals surface area contributed by atoms with Crippen LogP contribution in [-0.2, 0) is 26.0 Å². The third-order valence-corrected chi connectivity index (χ3v) is 6.91. The summed E-state index contributed by atoms with van der Waals surface area (Å²) in [5.74, 6) is -0.0720. The van der Waals surface area contributed by atoms with Crippen LogP contribution in [0.4, 0.5) is 5.13 Å². The highest BCUT2D eigenvalue weighted by Crippen LogP contribution is 2.29. The van der Waals surface area contributed by atoms with E-state index >= 15 is 0 Å². The second-order valence-electron chi connectivity index (χ2n) is 5.92. The molecule has 28 heavy (non-hydrogen) atoms. The molecule has 1 aliphatic rings.